The monoisotopic (exact) mass is 395 g/mol. The van der Waals surface area contributed by atoms with Gasteiger partial charge in [0.1, 0.15) is 11.3 Å². The molecule has 0 saturated heterocycles. The van der Waals surface area contributed by atoms with Gasteiger partial charge in [0.2, 0.25) is 0 Å². The van der Waals surface area contributed by atoms with Crippen molar-refractivity contribution in [3.63, 3.8) is 0 Å². The highest BCUT2D eigenvalue weighted by Crippen LogP contribution is 2.23. The van der Waals surface area contributed by atoms with Crippen molar-refractivity contribution in [2.24, 2.45) is 0 Å². The summed E-state index contributed by atoms with van der Waals surface area (Å²) >= 11 is 0. The number of unbranched alkanes of at least 4 members (excludes halogenated alkanes) is 1. The third-order valence-electron chi connectivity index (χ3n) is 4.65. The van der Waals surface area contributed by atoms with Crippen LogP contribution in [-0.4, -0.2) is 24.2 Å². The lowest BCUT2D eigenvalue weighted by Gasteiger charge is -2.13. The molecule has 0 saturated carbocycles. The summed E-state index contributed by atoms with van der Waals surface area (Å²) in [6.45, 7) is 2.00. The van der Waals surface area contributed by atoms with Crippen LogP contribution >= 0.6 is 0 Å². The highest BCUT2D eigenvalue weighted by atomic mass is 16.5. The quantitative estimate of drug-likeness (QED) is 0.543. The van der Waals surface area contributed by atoms with Crippen molar-refractivity contribution in [3.05, 3.63) is 76.1 Å². The SMILES string of the molecule is CCCCc1cc(=O)oc2cc(OCC(=O)NCC(O)c3ccccc3)ccc12. The number of fused-ring (bicyclic) bond motifs is 1. The Morgan fingerprint density at radius 3 is 2.72 bits per heavy atom. The van der Waals surface area contributed by atoms with E-state index in [-0.39, 0.29) is 19.1 Å². The number of ether oxygens (including phenoxy) is 1. The molecule has 3 rings (SSSR count). The minimum absolute atomic E-state index is 0.0968. The van der Waals surface area contributed by atoms with Crippen molar-refractivity contribution in [3.8, 4) is 5.75 Å². The van der Waals surface area contributed by atoms with Gasteiger partial charge in [-0.3, -0.25) is 4.79 Å². The second kappa shape index (κ2) is 9.89. The molecule has 2 aromatic carbocycles. The molecule has 1 amide bonds. The Kier molecular flexibility index (Phi) is 7.03. The number of hydrogen-bond donors (Lipinski definition) is 2. The predicted molar refractivity (Wildman–Crippen MR) is 111 cm³/mol. The number of carbonyl (C=O) groups excluding carboxylic acids is 1. The molecular formula is C23H25NO5. The van der Waals surface area contributed by atoms with Crippen LogP contribution in [-0.2, 0) is 11.2 Å². The molecule has 0 radical (unpaired) electrons. The summed E-state index contributed by atoms with van der Waals surface area (Å²) in [5.41, 5.74) is 1.74. The second-order valence-corrected chi connectivity index (χ2v) is 6.87. The van der Waals surface area contributed by atoms with Gasteiger partial charge in [0, 0.05) is 24.1 Å². The van der Waals surface area contributed by atoms with Gasteiger partial charge in [0.05, 0.1) is 6.10 Å². The summed E-state index contributed by atoms with van der Waals surface area (Å²) in [5, 5.41) is 13.6. The topological polar surface area (TPSA) is 88.8 Å². The Balaban J connectivity index is 1.58. The summed E-state index contributed by atoms with van der Waals surface area (Å²) in [6, 6.07) is 15.9. The van der Waals surface area contributed by atoms with Gasteiger partial charge in [-0.1, -0.05) is 43.7 Å². The molecule has 3 aromatic rings. The van der Waals surface area contributed by atoms with E-state index in [9.17, 15) is 14.7 Å². The molecule has 1 unspecified atom stereocenters. The highest BCUT2D eigenvalue weighted by molar-refractivity contribution is 5.82. The third kappa shape index (κ3) is 5.68. The van der Waals surface area contributed by atoms with Crippen LogP contribution in [0.25, 0.3) is 11.0 Å². The Morgan fingerprint density at radius 2 is 1.97 bits per heavy atom. The molecule has 6 heteroatoms. The molecule has 0 spiro atoms. The van der Waals surface area contributed by atoms with Crippen molar-refractivity contribution in [2.75, 3.05) is 13.2 Å². The van der Waals surface area contributed by atoms with E-state index in [1.54, 1.807) is 24.3 Å². The van der Waals surface area contributed by atoms with Crippen molar-refractivity contribution in [1.29, 1.82) is 0 Å². The first-order valence-electron chi connectivity index (χ1n) is 9.76. The number of nitrogens with one attached hydrogen (secondary N) is 1. The normalized spacial score (nSPS) is 11.9. The van der Waals surface area contributed by atoms with E-state index in [1.165, 1.54) is 6.07 Å². The van der Waals surface area contributed by atoms with Gasteiger partial charge in [-0.15, -0.1) is 0 Å². The van der Waals surface area contributed by atoms with Gasteiger partial charge in [-0.05, 0) is 36.1 Å². The largest absolute Gasteiger partial charge is 0.484 e. The fourth-order valence-electron chi connectivity index (χ4n) is 3.08. The zero-order chi connectivity index (χ0) is 20.6. The van der Waals surface area contributed by atoms with E-state index in [2.05, 4.69) is 12.2 Å². The average Bonchev–Trinajstić information content (AvgIpc) is 2.74. The number of carbonyl (C=O) groups is 1. The van der Waals surface area contributed by atoms with Crippen molar-refractivity contribution in [2.45, 2.75) is 32.3 Å². The molecule has 0 aliphatic carbocycles. The molecular weight excluding hydrogens is 370 g/mol. The van der Waals surface area contributed by atoms with Crippen LogP contribution in [0.15, 0.2) is 63.8 Å². The number of benzene rings is 2. The van der Waals surface area contributed by atoms with Crippen LogP contribution in [0, 0.1) is 0 Å². The first kappa shape index (κ1) is 20.6. The van der Waals surface area contributed by atoms with Crippen LogP contribution in [0.1, 0.15) is 37.0 Å². The minimum atomic E-state index is -0.781. The van der Waals surface area contributed by atoms with E-state index < -0.39 is 11.7 Å². The number of aliphatic hydroxyl groups excluding tert-OH is 1. The predicted octanol–water partition coefficient (Wildman–Crippen LogP) is 3.36. The lowest BCUT2D eigenvalue weighted by atomic mass is 10.0. The van der Waals surface area contributed by atoms with Gasteiger partial charge >= 0.3 is 5.63 Å². The first-order chi connectivity index (χ1) is 14.1. The van der Waals surface area contributed by atoms with Gasteiger partial charge in [0.25, 0.3) is 5.91 Å². The van der Waals surface area contributed by atoms with Crippen molar-refractivity contribution < 1.29 is 19.1 Å². The molecule has 0 bridgehead atoms. The van der Waals surface area contributed by atoms with Crippen LogP contribution in [0.2, 0.25) is 0 Å². The zero-order valence-corrected chi connectivity index (χ0v) is 16.4. The Bertz CT molecular complexity index is 1010. The lowest BCUT2D eigenvalue weighted by Crippen LogP contribution is -2.32. The van der Waals surface area contributed by atoms with Crippen molar-refractivity contribution >= 4 is 16.9 Å². The maximum Gasteiger partial charge on any atom is 0.336 e. The average molecular weight is 395 g/mol. The molecule has 2 N–H and O–H groups in total. The minimum Gasteiger partial charge on any atom is -0.484 e. The number of rotatable bonds is 9. The number of aryl methyl sites for hydroxylation is 1. The summed E-state index contributed by atoms with van der Waals surface area (Å²) < 4.78 is 10.8. The lowest BCUT2D eigenvalue weighted by molar-refractivity contribution is -0.123. The fraction of sp³-hybridized carbons (Fsp3) is 0.304. The van der Waals surface area contributed by atoms with E-state index in [1.807, 2.05) is 24.3 Å². The van der Waals surface area contributed by atoms with Gasteiger partial charge in [-0.25, -0.2) is 4.79 Å². The van der Waals surface area contributed by atoms with E-state index in [4.69, 9.17) is 9.15 Å². The van der Waals surface area contributed by atoms with E-state index in [0.717, 1.165) is 35.8 Å². The van der Waals surface area contributed by atoms with Crippen LogP contribution in [0.4, 0.5) is 0 Å². The van der Waals surface area contributed by atoms with Crippen molar-refractivity contribution in [1.82, 2.24) is 5.32 Å². The first-order valence-corrected chi connectivity index (χ1v) is 9.76. The highest BCUT2D eigenvalue weighted by Gasteiger charge is 2.11. The molecule has 0 aliphatic rings. The van der Waals surface area contributed by atoms with Crippen LogP contribution < -0.4 is 15.7 Å². The molecule has 0 aliphatic heterocycles. The zero-order valence-electron chi connectivity index (χ0n) is 16.4. The maximum absolute atomic E-state index is 12.0. The summed E-state index contributed by atoms with van der Waals surface area (Å²) in [7, 11) is 0. The number of hydrogen-bond acceptors (Lipinski definition) is 5. The van der Waals surface area contributed by atoms with Gasteiger partial charge in [-0.2, -0.15) is 0 Å². The molecule has 29 heavy (non-hydrogen) atoms. The number of amides is 1. The summed E-state index contributed by atoms with van der Waals surface area (Å²) in [6.07, 6.45) is 2.06. The van der Waals surface area contributed by atoms with Gasteiger partial charge in [0.15, 0.2) is 6.61 Å². The molecule has 1 heterocycles. The van der Waals surface area contributed by atoms with E-state index in [0.29, 0.717) is 11.3 Å². The Hall–Kier alpha value is -3.12. The number of aliphatic hydroxyl groups is 1. The standard InChI is InChI=1S/C23H25NO5/c1-2-3-7-17-12-23(27)29-21-13-18(10-11-19(17)21)28-15-22(26)24-14-20(25)16-8-5-4-6-9-16/h4-6,8-13,20,25H,2-3,7,14-15H2,1H3,(H,24,26). The maximum atomic E-state index is 12.0. The summed E-state index contributed by atoms with van der Waals surface area (Å²) in [5.74, 6) is 0.0882. The molecule has 0 fully saturated rings. The second-order valence-electron chi connectivity index (χ2n) is 6.87. The smallest absolute Gasteiger partial charge is 0.336 e. The van der Waals surface area contributed by atoms with Crippen LogP contribution in [0.3, 0.4) is 0 Å². The molecule has 6 nitrogen and oxygen atoms in total. The fourth-order valence-corrected chi connectivity index (χ4v) is 3.08. The van der Waals surface area contributed by atoms with Gasteiger partial charge < -0.3 is 19.6 Å². The third-order valence-corrected chi connectivity index (χ3v) is 4.65. The molecule has 152 valence electrons. The Morgan fingerprint density at radius 1 is 1.17 bits per heavy atom. The molecule has 1 atom stereocenters. The van der Waals surface area contributed by atoms with E-state index >= 15 is 0 Å². The molecule has 1 aromatic heterocycles. The summed E-state index contributed by atoms with van der Waals surface area (Å²) in [4.78, 5) is 23.8. The Labute approximate surface area is 169 Å². The van der Waals surface area contributed by atoms with Crippen LogP contribution in [0.5, 0.6) is 5.75 Å².